The molecule has 0 amide bonds. The van der Waals surface area contributed by atoms with Gasteiger partial charge in [0.25, 0.3) is 6.43 Å². The number of hydrazine groups is 1. The fourth-order valence-electron chi connectivity index (χ4n) is 0.683. The normalized spacial score (nSPS) is 26.2. The molecule has 0 bridgehead atoms. The van der Waals surface area contributed by atoms with Gasteiger partial charge in [0.15, 0.2) is 0 Å². The number of nitrogens with zero attached hydrogens (tertiary/aromatic N) is 1. The zero-order valence-electron chi connectivity index (χ0n) is 5.01. The van der Waals surface area contributed by atoms with Crippen LogP contribution in [0.1, 0.15) is 0 Å². The summed E-state index contributed by atoms with van der Waals surface area (Å²) in [5, 5.41) is 1.51. The SMILES string of the molecule is CN1C=CC(C(F)F)N1. The Morgan fingerprint density at radius 2 is 2.33 bits per heavy atom. The van der Waals surface area contributed by atoms with Crippen LogP contribution in [0, 0.1) is 0 Å². The van der Waals surface area contributed by atoms with Gasteiger partial charge in [0.2, 0.25) is 0 Å². The van der Waals surface area contributed by atoms with E-state index in [1.807, 2.05) is 0 Å². The largest absolute Gasteiger partial charge is 0.318 e. The molecule has 0 aromatic heterocycles. The zero-order valence-corrected chi connectivity index (χ0v) is 5.01. The van der Waals surface area contributed by atoms with Crippen molar-refractivity contribution in [1.29, 1.82) is 0 Å². The number of alkyl halides is 2. The van der Waals surface area contributed by atoms with Crippen LogP contribution >= 0.6 is 0 Å². The third-order valence-corrected chi connectivity index (χ3v) is 1.14. The van der Waals surface area contributed by atoms with Crippen molar-refractivity contribution in [3.8, 4) is 0 Å². The van der Waals surface area contributed by atoms with E-state index < -0.39 is 12.5 Å². The van der Waals surface area contributed by atoms with E-state index in [2.05, 4.69) is 5.43 Å². The summed E-state index contributed by atoms with van der Waals surface area (Å²) in [6, 6.07) is -0.796. The molecule has 0 aliphatic carbocycles. The first kappa shape index (κ1) is 6.48. The molecular weight excluding hydrogens is 126 g/mol. The molecule has 1 unspecified atom stereocenters. The van der Waals surface area contributed by atoms with Crippen LogP contribution in [0.25, 0.3) is 0 Å². The molecule has 0 aromatic rings. The van der Waals surface area contributed by atoms with Crippen LogP contribution in [0.4, 0.5) is 8.78 Å². The zero-order chi connectivity index (χ0) is 6.85. The number of halogens is 2. The topological polar surface area (TPSA) is 15.3 Å². The molecule has 1 heterocycles. The molecule has 1 aliphatic rings. The Bertz CT molecular complexity index is 124. The molecule has 1 atom stereocenters. The molecule has 2 nitrogen and oxygen atoms in total. The molecule has 1 N–H and O–H groups in total. The van der Waals surface area contributed by atoms with Gasteiger partial charge in [0.1, 0.15) is 6.04 Å². The molecule has 0 aromatic carbocycles. The summed E-state index contributed by atoms with van der Waals surface area (Å²) in [7, 11) is 1.68. The van der Waals surface area contributed by atoms with E-state index in [4.69, 9.17) is 0 Å². The third kappa shape index (κ3) is 1.38. The van der Waals surface area contributed by atoms with Gasteiger partial charge in [0.05, 0.1) is 0 Å². The number of hydrogen-bond donors (Lipinski definition) is 1. The monoisotopic (exact) mass is 134 g/mol. The van der Waals surface area contributed by atoms with E-state index in [-0.39, 0.29) is 0 Å². The lowest BCUT2D eigenvalue weighted by atomic mass is 10.3. The maximum Gasteiger partial charge on any atom is 0.259 e. The van der Waals surface area contributed by atoms with Gasteiger partial charge in [-0.2, -0.15) is 0 Å². The van der Waals surface area contributed by atoms with Gasteiger partial charge in [-0.05, 0) is 6.08 Å². The van der Waals surface area contributed by atoms with Gasteiger partial charge >= 0.3 is 0 Å². The second-order valence-electron chi connectivity index (χ2n) is 1.94. The van der Waals surface area contributed by atoms with Crippen molar-refractivity contribution < 1.29 is 8.78 Å². The maximum atomic E-state index is 11.8. The van der Waals surface area contributed by atoms with E-state index >= 15 is 0 Å². The predicted octanol–water partition coefficient (Wildman–Crippen LogP) is 0.584. The van der Waals surface area contributed by atoms with Gasteiger partial charge in [0, 0.05) is 13.2 Å². The molecule has 9 heavy (non-hydrogen) atoms. The lowest BCUT2D eigenvalue weighted by molar-refractivity contribution is 0.100. The average molecular weight is 134 g/mol. The average Bonchev–Trinajstić information content (AvgIpc) is 2.14. The highest BCUT2D eigenvalue weighted by atomic mass is 19.3. The number of nitrogens with one attached hydrogen (secondary N) is 1. The molecule has 0 radical (unpaired) electrons. The van der Waals surface area contributed by atoms with Gasteiger partial charge in [-0.1, -0.05) is 0 Å². The molecule has 0 spiro atoms. The molecule has 0 saturated heterocycles. The van der Waals surface area contributed by atoms with Crippen LogP contribution in [0.5, 0.6) is 0 Å². The lowest BCUT2D eigenvalue weighted by Gasteiger charge is -2.12. The van der Waals surface area contributed by atoms with Crippen molar-refractivity contribution in [2.45, 2.75) is 12.5 Å². The highest BCUT2D eigenvalue weighted by Crippen LogP contribution is 2.07. The summed E-state index contributed by atoms with van der Waals surface area (Å²) in [6.07, 6.45) is 0.702. The Labute approximate surface area is 52.1 Å². The van der Waals surface area contributed by atoms with Crippen LogP contribution in [0.2, 0.25) is 0 Å². The second kappa shape index (κ2) is 2.31. The van der Waals surface area contributed by atoms with Crippen LogP contribution in [0.3, 0.4) is 0 Å². The number of rotatable bonds is 1. The summed E-state index contributed by atoms with van der Waals surface area (Å²) < 4.78 is 23.5. The van der Waals surface area contributed by atoms with Crippen LogP contribution < -0.4 is 5.43 Å². The second-order valence-corrected chi connectivity index (χ2v) is 1.94. The minimum atomic E-state index is -2.31. The standard InChI is InChI=1S/C5H8F2N2/c1-9-3-2-4(8-9)5(6)7/h2-5,8H,1H3. The summed E-state index contributed by atoms with van der Waals surface area (Å²) >= 11 is 0. The summed E-state index contributed by atoms with van der Waals surface area (Å²) in [6.45, 7) is 0. The molecule has 1 aliphatic heterocycles. The van der Waals surface area contributed by atoms with Crippen molar-refractivity contribution in [1.82, 2.24) is 10.4 Å². The summed E-state index contributed by atoms with van der Waals surface area (Å²) in [5.74, 6) is 0. The first-order valence-electron chi connectivity index (χ1n) is 2.65. The first-order chi connectivity index (χ1) is 4.20. The fourth-order valence-corrected chi connectivity index (χ4v) is 0.683. The van der Waals surface area contributed by atoms with E-state index in [1.165, 1.54) is 11.1 Å². The Kier molecular flexibility index (Phi) is 1.66. The molecule has 0 fully saturated rings. The van der Waals surface area contributed by atoms with Gasteiger partial charge in [-0.25, -0.2) is 14.2 Å². The molecule has 52 valence electrons. The van der Waals surface area contributed by atoms with Gasteiger partial charge in [-0.15, -0.1) is 0 Å². The van der Waals surface area contributed by atoms with Crippen molar-refractivity contribution in [2.24, 2.45) is 0 Å². The summed E-state index contributed by atoms with van der Waals surface area (Å²) in [5.41, 5.74) is 2.53. The minimum Gasteiger partial charge on any atom is -0.318 e. The Morgan fingerprint density at radius 3 is 2.56 bits per heavy atom. The van der Waals surface area contributed by atoms with E-state index in [0.29, 0.717) is 0 Å². The van der Waals surface area contributed by atoms with Crippen molar-refractivity contribution in [3.05, 3.63) is 12.3 Å². The van der Waals surface area contributed by atoms with Crippen LogP contribution in [0.15, 0.2) is 12.3 Å². The molecule has 0 saturated carbocycles. The fraction of sp³-hybridized carbons (Fsp3) is 0.600. The molecular formula is C5H8F2N2. The Morgan fingerprint density at radius 1 is 1.67 bits per heavy atom. The van der Waals surface area contributed by atoms with E-state index in [1.54, 1.807) is 13.2 Å². The first-order valence-corrected chi connectivity index (χ1v) is 2.65. The third-order valence-electron chi connectivity index (χ3n) is 1.14. The van der Waals surface area contributed by atoms with Crippen LogP contribution in [-0.4, -0.2) is 24.5 Å². The van der Waals surface area contributed by atoms with Crippen LogP contribution in [-0.2, 0) is 0 Å². The van der Waals surface area contributed by atoms with Gasteiger partial charge < -0.3 is 5.01 Å². The van der Waals surface area contributed by atoms with E-state index in [9.17, 15) is 8.78 Å². The predicted molar refractivity (Wildman–Crippen MR) is 29.8 cm³/mol. The smallest absolute Gasteiger partial charge is 0.259 e. The maximum absolute atomic E-state index is 11.8. The quantitative estimate of drug-likeness (QED) is 0.564. The Balaban J connectivity index is 2.41. The van der Waals surface area contributed by atoms with Crippen molar-refractivity contribution in [2.75, 3.05) is 7.05 Å². The summed E-state index contributed by atoms with van der Waals surface area (Å²) in [4.78, 5) is 0. The minimum absolute atomic E-state index is 0.796. The lowest BCUT2D eigenvalue weighted by Crippen LogP contribution is -2.36. The number of hydrogen-bond acceptors (Lipinski definition) is 2. The molecule has 1 rings (SSSR count). The van der Waals surface area contributed by atoms with Gasteiger partial charge in [-0.3, -0.25) is 0 Å². The Hall–Kier alpha value is -0.640. The van der Waals surface area contributed by atoms with E-state index in [0.717, 1.165) is 0 Å². The molecule has 4 heteroatoms. The van der Waals surface area contributed by atoms with Crippen molar-refractivity contribution >= 4 is 0 Å². The van der Waals surface area contributed by atoms with Crippen molar-refractivity contribution in [3.63, 3.8) is 0 Å². The highest BCUT2D eigenvalue weighted by Gasteiger charge is 2.21. The highest BCUT2D eigenvalue weighted by molar-refractivity contribution is 4.98.